The summed E-state index contributed by atoms with van der Waals surface area (Å²) >= 11 is 0. The van der Waals surface area contributed by atoms with Gasteiger partial charge in [-0.25, -0.2) is 0 Å². The van der Waals surface area contributed by atoms with Gasteiger partial charge in [0, 0.05) is 7.05 Å². The van der Waals surface area contributed by atoms with Crippen molar-refractivity contribution in [2.45, 2.75) is 66.0 Å². The molecule has 0 bridgehead atoms. The zero-order valence-electron chi connectivity index (χ0n) is 16.5. The molecule has 142 valence electrons. The van der Waals surface area contributed by atoms with E-state index < -0.39 is 0 Å². The second-order valence-corrected chi connectivity index (χ2v) is 8.26. The van der Waals surface area contributed by atoms with Gasteiger partial charge in [0.25, 0.3) is 0 Å². The molecule has 25 heavy (non-hydrogen) atoms. The molecule has 6 heteroatoms. The van der Waals surface area contributed by atoms with Crippen LogP contribution in [0.4, 0.5) is 0 Å². The van der Waals surface area contributed by atoms with Crippen molar-refractivity contribution in [3.8, 4) is 0 Å². The SMILES string of the molecule is CC1CCC(C(C)C)C(OCC(=O)NC(c2nncn2C)C(C)C)C1. The van der Waals surface area contributed by atoms with Gasteiger partial charge >= 0.3 is 0 Å². The fourth-order valence-electron chi connectivity index (χ4n) is 3.81. The van der Waals surface area contributed by atoms with E-state index in [0.717, 1.165) is 12.2 Å². The molecule has 1 aliphatic rings. The van der Waals surface area contributed by atoms with Gasteiger partial charge in [0.05, 0.1) is 12.1 Å². The fourth-order valence-corrected chi connectivity index (χ4v) is 3.81. The molecule has 6 nitrogen and oxygen atoms in total. The van der Waals surface area contributed by atoms with E-state index in [-0.39, 0.29) is 30.6 Å². The molecular weight excluding hydrogens is 316 g/mol. The van der Waals surface area contributed by atoms with Crippen LogP contribution in [0, 0.1) is 23.7 Å². The zero-order valence-corrected chi connectivity index (χ0v) is 16.5. The van der Waals surface area contributed by atoms with Gasteiger partial charge in [0.1, 0.15) is 12.9 Å². The molecule has 4 unspecified atom stereocenters. The normalized spacial score (nSPS) is 25.4. The van der Waals surface area contributed by atoms with Gasteiger partial charge in [0.15, 0.2) is 5.82 Å². The smallest absolute Gasteiger partial charge is 0.246 e. The number of carbonyl (C=O) groups excluding carboxylic acids is 1. The molecule has 1 aliphatic carbocycles. The molecule has 0 aliphatic heterocycles. The number of hydrogen-bond donors (Lipinski definition) is 1. The van der Waals surface area contributed by atoms with Crippen LogP contribution in [0.5, 0.6) is 0 Å². The van der Waals surface area contributed by atoms with E-state index in [9.17, 15) is 4.79 Å². The van der Waals surface area contributed by atoms with Crippen LogP contribution in [0.1, 0.15) is 65.7 Å². The lowest BCUT2D eigenvalue weighted by atomic mass is 9.75. The third-order valence-corrected chi connectivity index (χ3v) is 5.40. The standard InChI is InChI=1S/C19H34N4O2/c1-12(2)15-8-7-14(5)9-16(15)25-10-17(24)21-18(13(3)4)19-22-20-11-23(19)6/h11-16,18H,7-10H2,1-6H3,(H,21,24). The molecule has 0 radical (unpaired) electrons. The molecule has 4 atom stereocenters. The molecule has 0 spiro atoms. The summed E-state index contributed by atoms with van der Waals surface area (Å²) in [6.07, 6.45) is 5.34. The zero-order chi connectivity index (χ0) is 18.6. The lowest BCUT2D eigenvalue weighted by Gasteiger charge is -2.37. The lowest BCUT2D eigenvalue weighted by molar-refractivity contribution is -0.132. The number of rotatable bonds is 7. The van der Waals surface area contributed by atoms with Gasteiger partial charge in [-0.2, -0.15) is 0 Å². The summed E-state index contributed by atoms with van der Waals surface area (Å²) in [5.41, 5.74) is 0. The average molecular weight is 351 g/mol. The number of carbonyl (C=O) groups is 1. The number of aryl methyl sites for hydroxylation is 1. The Kier molecular flexibility index (Phi) is 6.99. The minimum Gasteiger partial charge on any atom is -0.368 e. The molecule has 1 fully saturated rings. The Balaban J connectivity index is 1.93. The van der Waals surface area contributed by atoms with Crippen molar-refractivity contribution in [2.24, 2.45) is 30.7 Å². The van der Waals surface area contributed by atoms with Crippen LogP contribution in [0.15, 0.2) is 6.33 Å². The van der Waals surface area contributed by atoms with E-state index in [1.807, 2.05) is 11.6 Å². The molecule has 1 N–H and O–H groups in total. The Morgan fingerprint density at radius 3 is 2.64 bits per heavy atom. The Morgan fingerprint density at radius 1 is 1.36 bits per heavy atom. The van der Waals surface area contributed by atoms with E-state index in [1.165, 1.54) is 12.8 Å². The lowest BCUT2D eigenvalue weighted by Crippen LogP contribution is -2.39. The molecule has 2 rings (SSSR count). The predicted octanol–water partition coefficient (Wildman–Crippen LogP) is 3.11. The van der Waals surface area contributed by atoms with Gasteiger partial charge in [-0.05, 0) is 36.5 Å². The first kappa shape index (κ1) is 19.9. The number of aromatic nitrogens is 3. The molecule has 1 saturated carbocycles. The highest BCUT2D eigenvalue weighted by Gasteiger charge is 2.32. The number of amides is 1. The Labute approximate surface area is 151 Å². The average Bonchev–Trinajstić information content (AvgIpc) is 2.95. The largest absolute Gasteiger partial charge is 0.368 e. The summed E-state index contributed by atoms with van der Waals surface area (Å²) in [5, 5.41) is 11.1. The van der Waals surface area contributed by atoms with Gasteiger partial charge in [-0.3, -0.25) is 4.79 Å². The van der Waals surface area contributed by atoms with Crippen molar-refractivity contribution >= 4 is 5.91 Å². The monoisotopic (exact) mass is 350 g/mol. The summed E-state index contributed by atoms with van der Waals surface area (Å²) in [7, 11) is 1.89. The van der Waals surface area contributed by atoms with E-state index >= 15 is 0 Å². The van der Waals surface area contributed by atoms with Crippen LogP contribution in [0.2, 0.25) is 0 Å². The topological polar surface area (TPSA) is 69.0 Å². The highest BCUT2D eigenvalue weighted by Crippen LogP contribution is 2.35. The van der Waals surface area contributed by atoms with Crippen molar-refractivity contribution in [3.63, 3.8) is 0 Å². The van der Waals surface area contributed by atoms with Gasteiger partial charge in [-0.15, -0.1) is 10.2 Å². The fraction of sp³-hybridized carbons (Fsp3) is 0.842. The van der Waals surface area contributed by atoms with Crippen molar-refractivity contribution in [2.75, 3.05) is 6.61 Å². The van der Waals surface area contributed by atoms with E-state index in [1.54, 1.807) is 6.33 Å². The maximum Gasteiger partial charge on any atom is 0.246 e. The van der Waals surface area contributed by atoms with Gasteiger partial charge in [0.2, 0.25) is 5.91 Å². The van der Waals surface area contributed by atoms with Crippen LogP contribution in [0.3, 0.4) is 0 Å². The second kappa shape index (κ2) is 8.79. The number of nitrogens with zero attached hydrogens (tertiary/aromatic N) is 3. The van der Waals surface area contributed by atoms with Crippen LogP contribution >= 0.6 is 0 Å². The Morgan fingerprint density at radius 2 is 2.08 bits per heavy atom. The second-order valence-electron chi connectivity index (χ2n) is 8.26. The minimum atomic E-state index is -0.158. The molecule has 1 amide bonds. The molecule has 0 saturated heterocycles. The molecular formula is C19H34N4O2. The maximum absolute atomic E-state index is 12.5. The number of ether oxygens (including phenoxy) is 1. The summed E-state index contributed by atoms with van der Waals surface area (Å²) in [6, 6.07) is -0.158. The minimum absolute atomic E-state index is 0.0811. The summed E-state index contributed by atoms with van der Waals surface area (Å²) in [4.78, 5) is 12.5. The van der Waals surface area contributed by atoms with E-state index in [2.05, 4.69) is 50.1 Å². The van der Waals surface area contributed by atoms with Crippen molar-refractivity contribution in [1.82, 2.24) is 20.1 Å². The van der Waals surface area contributed by atoms with Crippen LogP contribution in [-0.4, -0.2) is 33.4 Å². The van der Waals surface area contributed by atoms with Crippen LogP contribution in [0.25, 0.3) is 0 Å². The molecule has 1 aromatic rings. The molecule has 1 heterocycles. The highest BCUT2D eigenvalue weighted by molar-refractivity contribution is 5.77. The van der Waals surface area contributed by atoms with Crippen LogP contribution in [-0.2, 0) is 16.6 Å². The third-order valence-electron chi connectivity index (χ3n) is 5.40. The van der Waals surface area contributed by atoms with Crippen molar-refractivity contribution < 1.29 is 9.53 Å². The first-order valence-electron chi connectivity index (χ1n) is 9.54. The number of hydrogen-bond acceptors (Lipinski definition) is 4. The van der Waals surface area contributed by atoms with E-state index in [4.69, 9.17) is 4.74 Å². The van der Waals surface area contributed by atoms with Gasteiger partial charge < -0.3 is 14.6 Å². The maximum atomic E-state index is 12.5. The highest BCUT2D eigenvalue weighted by atomic mass is 16.5. The first-order valence-corrected chi connectivity index (χ1v) is 9.54. The van der Waals surface area contributed by atoms with E-state index in [0.29, 0.717) is 17.8 Å². The Bertz CT molecular complexity index is 555. The van der Waals surface area contributed by atoms with Gasteiger partial charge in [-0.1, -0.05) is 41.0 Å². The first-order chi connectivity index (χ1) is 11.8. The molecule has 1 aromatic heterocycles. The Hall–Kier alpha value is -1.43. The summed E-state index contributed by atoms with van der Waals surface area (Å²) in [6.45, 7) is 11.0. The number of nitrogens with one attached hydrogen (secondary N) is 1. The van der Waals surface area contributed by atoms with Crippen molar-refractivity contribution in [3.05, 3.63) is 12.2 Å². The molecule has 0 aromatic carbocycles. The quantitative estimate of drug-likeness (QED) is 0.820. The van der Waals surface area contributed by atoms with Crippen LogP contribution < -0.4 is 5.32 Å². The summed E-state index contributed by atoms with van der Waals surface area (Å²) in [5.74, 6) is 2.72. The predicted molar refractivity (Wildman–Crippen MR) is 97.8 cm³/mol. The third kappa shape index (κ3) is 5.27. The van der Waals surface area contributed by atoms with Crippen molar-refractivity contribution in [1.29, 1.82) is 0 Å². The summed E-state index contributed by atoms with van der Waals surface area (Å²) < 4.78 is 7.91.